The van der Waals surface area contributed by atoms with Gasteiger partial charge in [0.15, 0.2) is 0 Å². The van der Waals surface area contributed by atoms with E-state index in [0.29, 0.717) is 0 Å². The van der Waals surface area contributed by atoms with Gasteiger partial charge in [0.05, 0.1) is 11.0 Å². The van der Waals surface area contributed by atoms with Gasteiger partial charge in [-0.1, -0.05) is 170 Å². The summed E-state index contributed by atoms with van der Waals surface area (Å²) in [6.45, 7) is 0. The lowest BCUT2D eigenvalue weighted by Crippen LogP contribution is -2.13. The predicted octanol–water partition coefficient (Wildman–Crippen LogP) is 19.1. The maximum atomic E-state index is 2.40. The van der Waals surface area contributed by atoms with Gasteiger partial charge in [0.25, 0.3) is 0 Å². The summed E-state index contributed by atoms with van der Waals surface area (Å²) in [6.07, 6.45) is 0. The molecule has 0 bridgehead atoms. The van der Waals surface area contributed by atoms with Crippen molar-refractivity contribution in [3.8, 4) is 39.1 Å². The molecular formula is C66H45N3S. The summed E-state index contributed by atoms with van der Waals surface area (Å²) in [5.41, 5.74) is 17.3. The molecule has 0 unspecified atom stereocenters. The minimum absolute atomic E-state index is 1.07. The van der Waals surface area contributed by atoms with E-state index in [0.717, 1.165) is 39.8 Å². The van der Waals surface area contributed by atoms with Crippen molar-refractivity contribution in [1.29, 1.82) is 0 Å². The zero-order valence-corrected chi connectivity index (χ0v) is 39.0. The van der Waals surface area contributed by atoms with Gasteiger partial charge in [-0.05, 0) is 137 Å². The Bertz CT molecular complexity index is 3970. The van der Waals surface area contributed by atoms with Crippen molar-refractivity contribution in [2.45, 2.75) is 0 Å². The Morgan fingerprint density at radius 3 is 1.33 bits per heavy atom. The van der Waals surface area contributed by atoms with Crippen LogP contribution in [0.15, 0.2) is 273 Å². The number of hydrogen-bond donors (Lipinski definition) is 0. The second-order valence-corrected chi connectivity index (χ2v) is 18.8. The molecule has 13 aromatic rings. The molecule has 0 aliphatic rings. The molecule has 0 amide bonds. The van der Waals surface area contributed by atoms with Gasteiger partial charge in [-0.3, -0.25) is 0 Å². The zero-order valence-electron chi connectivity index (χ0n) is 38.2. The number of thiophene rings is 1. The van der Waals surface area contributed by atoms with Gasteiger partial charge in [0.1, 0.15) is 0 Å². The molecule has 0 radical (unpaired) electrons. The van der Waals surface area contributed by atoms with Crippen LogP contribution in [0, 0.1) is 0 Å². The van der Waals surface area contributed by atoms with E-state index in [1.165, 1.54) is 75.4 Å². The molecule has 2 aromatic heterocycles. The van der Waals surface area contributed by atoms with Crippen molar-refractivity contribution < 1.29 is 0 Å². The van der Waals surface area contributed by atoms with Gasteiger partial charge >= 0.3 is 0 Å². The SMILES string of the molecule is c1ccc(-c2ccc(N(c3ccccc3)c3cccc(N(c4ccc(-c5ccccc5)cc4)c4ccc5sc6cc(-c7ccc8c9ccccc9n(-c9ccccc9)c8c7)ccc6c5c4)c3)cc2)cc1. The van der Waals surface area contributed by atoms with Crippen molar-refractivity contribution in [3.05, 3.63) is 273 Å². The van der Waals surface area contributed by atoms with Crippen LogP contribution in [0.1, 0.15) is 0 Å². The van der Waals surface area contributed by atoms with Crippen LogP contribution in [0.4, 0.5) is 34.1 Å². The summed E-state index contributed by atoms with van der Waals surface area (Å²) in [4.78, 5) is 4.75. The van der Waals surface area contributed by atoms with E-state index in [1.54, 1.807) is 0 Å². The van der Waals surface area contributed by atoms with Crippen LogP contribution < -0.4 is 9.80 Å². The molecular weight excluding hydrogens is 867 g/mol. The second kappa shape index (κ2) is 17.6. The first-order chi connectivity index (χ1) is 34.7. The molecule has 70 heavy (non-hydrogen) atoms. The number of aromatic nitrogens is 1. The Balaban J connectivity index is 0.914. The Hall–Kier alpha value is -8.96. The molecule has 330 valence electrons. The predicted molar refractivity (Wildman–Crippen MR) is 299 cm³/mol. The average Bonchev–Trinajstić information content (AvgIpc) is 3.97. The Labute approximate surface area is 411 Å². The van der Waals surface area contributed by atoms with Crippen LogP contribution in [-0.2, 0) is 0 Å². The van der Waals surface area contributed by atoms with E-state index in [9.17, 15) is 0 Å². The van der Waals surface area contributed by atoms with Crippen molar-refractivity contribution in [2.24, 2.45) is 0 Å². The average molecular weight is 912 g/mol. The van der Waals surface area contributed by atoms with Gasteiger partial charge in [-0.2, -0.15) is 0 Å². The van der Waals surface area contributed by atoms with Crippen molar-refractivity contribution in [2.75, 3.05) is 9.80 Å². The fourth-order valence-corrected chi connectivity index (χ4v) is 11.3. The molecule has 0 N–H and O–H groups in total. The maximum absolute atomic E-state index is 2.40. The van der Waals surface area contributed by atoms with Crippen molar-refractivity contribution >= 4 is 87.4 Å². The lowest BCUT2D eigenvalue weighted by atomic mass is 10.0. The fourth-order valence-electron chi connectivity index (χ4n) is 10.2. The third-order valence-electron chi connectivity index (χ3n) is 13.6. The normalized spacial score (nSPS) is 11.4. The maximum Gasteiger partial charge on any atom is 0.0547 e. The van der Waals surface area contributed by atoms with Crippen LogP contribution >= 0.6 is 11.3 Å². The van der Waals surface area contributed by atoms with Crippen molar-refractivity contribution in [1.82, 2.24) is 4.57 Å². The third-order valence-corrected chi connectivity index (χ3v) is 14.7. The van der Waals surface area contributed by atoms with E-state index < -0.39 is 0 Å². The molecule has 0 spiro atoms. The minimum Gasteiger partial charge on any atom is -0.310 e. The van der Waals surface area contributed by atoms with E-state index >= 15 is 0 Å². The Morgan fingerprint density at radius 1 is 0.243 bits per heavy atom. The molecule has 2 heterocycles. The second-order valence-electron chi connectivity index (χ2n) is 17.8. The fraction of sp³-hybridized carbons (Fsp3) is 0. The highest BCUT2D eigenvalue weighted by molar-refractivity contribution is 7.25. The number of rotatable bonds is 10. The first kappa shape index (κ1) is 41.2. The molecule has 0 atom stereocenters. The molecule has 13 rings (SSSR count). The molecule has 0 aliphatic carbocycles. The van der Waals surface area contributed by atoms with Crippen LogP contribution in [0.2, 0.25) is 0 Å². The number of anilines is 6. The van der Waals surface area contributed by atoms with Crippen LogP contribution in [0.25, 0.3) is 81.0 Å². The lowest BCUT2D eigenvalue weighted by Gasteiger charge is -2.29. The van der Waals surface area contributed by atoms with Gasteiger partial charge in [-0.15, -0.1) is 11.3 Å². The van der Waals surface area contributed by atoms with Crippen LogP contribution in [0.5, 0.6) is 0 Å². The van der Waals surface area contributed by atoms with Gasteiger partial charge in [0.2, 0.25) is 0 Å². The van der Waals surface area contributed by atoms with Gasteiger partial charge < -0.3 is 14.4 Å². The summed E-state index contributed by atoms with van der Waals surface area (Å²) < 4.78 is 4.93. The summed E-state index contributed by atoms with van der Waals surface area (Å²) in [5.74, 6) is 0. The molecule has 3 nitrogen and oxygen atoms in total. The van der Waals surface area contributed by atoms with Crippen LogP contribution in [0.3, 0.4) is 0 Å². The monoisotopic (exact) mass is 911 g/mol. The molecule has 0 saturated carbocycles. The Morgan fingerprint density at radius 2 is 0.686 bits per heavy atom. The molecule has 0 saturated heterocycles. The number of benzene rings is 11. The standard InChI is InChI=1S/C66H45N3S/c1-5-16-46(17-6-1)48-28-34-54(35-29-48)67(52-20-9-3-10-21-52)56-24-15-25-57(44-56)68(55-36-30-49(31-37-55)47-18-7-2-8-19-47)58-38-41-65-62(45-58)61-40-33-51(43-66(61)70-65)50-32-39-60-59-26-13-14-27-63(59)69(64(60)42-50)53-22-11-4-12-23-53/h1-45H. The summed E-state index contributed by atoms with van der Waals surface area (Å²) >= 11 is 1.86. The largest absolute Gasteiger partial charge is 0.310 e. The minimum atomic E-state index is 1.07. The van der Waals surface area contributed by atoms with E-state index in [-0.39, 0.29) is 0 Å². The van der Waals surface area contributed by atoms with E-state index in [1.807, 2.05) is 11.3 Å². The highest BCUT2D eigenvalue weighted by Gasteiger charge is 2.20. The third kappa shape index (κ3) is 7.48. The lowest BCUT2D eigenvalue weighted by molar-refractivity contribution is 1.18. The number of hydrogen-bond acceptors (Lipinski definition) is 3. The van der Waals surface area contributed by atoms with E-state index in [4.69, 9.17) is 0 Å². The molecule has 4 heteroatoms. The summed E-state index contributed by atoms with van der Waals surface area (Å²) in [7, 11) is 0. The number of fused-ring (bicyclic) bond motifs is 6. The smallest absolute Gasteiger partial charge is 0.0547 e. The summed E-state index contributed by atoms with van der Waals surface area (Å²) in [5, 5.41) is 5.02. The molecule has 0 fully saturated rings. The first-order valence-electron chi connectivity index (χ1n) is 23.8. The highest BCUT2D eigenvalue weighted by Crippen LogP contribution is 2.45. The quantitative estimate of drug-likeness (QED) is 0.135. The number of para-hydroxylation sites is 3. The van der Waals surface area contributed by atoms with Crippen molar-refractivity contribution in [3.63, 3.8) is 0 Å². The van der Waals surface area contributed by atoms with Gasteiger partial charge in [-0.25, -0.2) is 0 Å². The number of nitrogens with zero attached hydrogens (tertiary/aromatic N) is 3. The molecule has 0 aliphatic heterocycles. The molecule has 11 aromatic carbocycles. The summed E-state index contributed by atoms with van der Waals surface area (Å²) in [6, 6.07) is 99.0. The highest BCUT2D eigenvalue weighted by atomic mass is 32.1. The zero-order chi connectivity index (χ0) is 46.4. The van der Waals surface area contributed by atoms with Gasteiger partial charge in [0, 0.05) is 70.8 Å². The van der Waals surface area contributed by atoms with E-state index in [2.05, 4.69) is 287 Å². The Kier molecular flexibility index (Phi) is 10.4. The first-order valence-corrected chi connectivity index (χ1v) is 24.6. The van der Waals surface area contributed by atoms with Crippen LogP contribution in [-0.4, -0.2) is 4.57 Å². The topological polar surface area (TPSA) is 11.4 Å².